The Bertz CT molecular complexity index is 1310. The Morgan fingerprint density at radius 2 is 1.74 bits per heavy atom. The molecule has 1 saturated heterocycles. The van der Waals surface area contributed by atoms with Gasteiger partial charge in [-0.3, -0.25) is 9.10 Å². The van der Waals surface area contributed by atoms with E-state index in [4.69, 9.17) is 27.9 Å². The molecule has 34 heavy (non-hydrogen) atoms. The normalized spacial score (nSPS) is 15.6. The van der Waals surface area contributed by atoms with Crippen LogP contribution < -0.4 is 9.62 Å². The van der Waals surface area contributed by atoms with Gasteiger partial charge in [-0.25, -0.2) is 13.2 Å². The third-order valence-corrected chi connectivity index (χ3v) is 7.79. The molecule has 1 atom stereocenters. The van der Waals surface area contributed by atoms with Gasteiger partial charge < -0.3 is 10.1 Å². The molecule has 1 aliphatic heterocycles. The molecule has 0 aliphatic carbocycles. The molecule has 0 spiro atoms. The van der Waals surface area contributed by atoms with Crippen molar-refractivity contribution in [3.8, 4) is 0 Å². The minimum absolute atomic E-state index is 0.0332. The van der Waals surface area contributed by atoms with Crippen LogP contribution in [-0.2, 0) is 26.1 Å². The molecule has 10 heteroatoms. The van der Waals surface area contributed by atoms with Gasteiger partial charge in [0.1, 0.15) is 10.9 Å². The summed E-state index contributed by atoms with van der Waals surface area (Å²) in [7, 11) is -4.20. The van der Waals surface area contributed by atoms with Gasteiger partial charge in [-0.15, -0.1) is 0 Å². The lowest BCUT2D eigenvalue weighted by atomic mass is 10.2. The zero-order valence-corrected chi connectivity index (χ0v) is 20.1. The molecule has 1 heterocycles. The number of nitrogens with one attached hydrogen (secondary N) is 1. The molecule has 1 unspecified atom stereocenters. The predicted octanol–water partition coefficient (Wildman–Crippen LogP) is 4.43. The van der Waals surface area contributed by atoms with E-state index >= 15 is 0 Å². The minimum atomic E-state index is -4.20. The van der Waals surface area contributed by atoms with Crippen molar-refractivity contribution in [1.29, 1.82) is 0 Å². The van der Waals surface area contributed by atoms with Crippen LogP contribution >= 0.6 is 23.2 Å². The standard InChI is InChI=1S/C24H20Cl2N2O5S/c25-18-7-9-19(10-8-18)28(15-16-4-2-1-3-5-16)34(31,32)22-14-17(6-11-20(22)26)23(29)27-21-12-13-33-24(21)30/h1-11,14,21H,12-13,15H2,(H,27,29). The van der Waals surface area contributed by atoms with Gasteiger partial charge in [-0.1, -0.05) is 53.5 Å². The van der Waals surface area contributed by atoms with Gasteiger partial charge in [0.15, 0.2) is 0 Å². The second-order valence-electron chi connectivity index (χ2n) is 7.60. The molecule has 0 bridgehead atoms. The molecular formula is C24H20Cl2N2O5S. The molecule has 0 radical (unpaired) electrons. The van der Waals surface area contributed by atoms with Crippen molar-refractivity contribution in [3.63, 3.8) is 0 Å². The number of sulfonamides is 1. The fourth-order valence-corrected chi connectivity index (χ4v) is 5.58. The Hall–Kier alpha value is -3.07. The first-order valence-electron chi connectivity index (χ1n) is 10.3. The van der Waals surface area contributed by atoms with Crippen molar-refractivity contribution in [3.05, 3.63) is 94.0 Å². The van der Waals surface area contributed by atoms with Gasteiger partial charge in [-0.2, -0.15) is 0 Å². The van der Waals surface area contributed by atoms with Crippen LogP contribution in [0.15, 0.2) is 77.7 Å². The summed E-state index contributed by atoms with van der Waals surface area (Å²) in [6.45, 7) is 0.255. The number of halogens is 2. The van der Waals surface area contributed by atoms with Crippen LogP contribution in [0.25, 0.3) is 0 Å². The SMILES string of the molecule is O=C(NC1CCOC1=O)c1ccc(Cl)c(S(=O)(=O)N(Cc2ccccc2)c2ccc(Cl)cc2)c1. The fraction of sp³-hybridized carbons (Fsp3) is 0.167. The van der Waals surface area contributed by atoms with Gasteiger partial charge in [0, 0.05) is 17.0 Å². The maximum Gasteiger partial charge on any atom is 0.328 e. The minimum Gasteiger partial charge on any atom is -0.464 e. The monoisotopic (exact) mass is 518 g/mol. The van der Waals surface area contributed by atoms with E-state index in [0.29, 0.717) is 17.1 Å². The number of hydrogen-bond acceptors (Lipinski definition) is 5. The van der Waals surface area contributed by atoms with Crippen molar-refractivity contribution in [2.45, 2.75) is 23.9 Å². The number of esters is 1. The zero-order chi connectivity index (χ0) is 24.3. The maximum absolute atomic E-state index is 13.8. The first kappa shape index (κ1) is 24.1. The van der Waals surface area contributed by atoms with E-state index in [1.54, 1.807) is 24.3 Å². The summed E-state index contributed by atoms with van der Waals surface area (Å²) < 4.78 is 33.7. The lowest BCUT2D eigenvalue weighted by Crippen LogP contribution is -2.38. The number of nitrogens with zero attached hydrogens (tertiary/aromatic N) is 1. The van der Waals surface area contributed by atoms with E-state index in [0.717, 1.165) is 5.56 Å². The molecule has 3 aromatic rings. The summed E-state index contributed by atoms with van der Waals surface area (Å²) in [6.07, 6.45) is 0.352. The van der Waals surface area contributed by atoms with Crippen molar-refractivity contribution in [2.75, 3.05) is 10.9 Å². The van der Waals surface area contributed by atoms with E-state index in [9.17, 15) is 18.0 Å². The Labute approximate surface area is 207 Å². The number of hydrogen-bond donors (Lipinski definition) is 1. The third kappa shape index (κ3) is 5.19. The van der Waals surface area contributed by atoms with Gasteiger partial charge in [0.05, 0.1) is 23.9 Å². The number of ether oxygens (including phenoxy) is 1. The highest BCUT2D eigenvalue weighted by Gasteiger charge is 2.31. The van der Waals surface area contributed by atoms with Gasteiger partial charge in [0.2, 0.25) is 0 Å². The second-order valence-corrected chi connectivity index (χ2v) is 10.3. The zero-order valence-electron chi connectivity index (χ0n) is 17.8. The topological polar surface area (TPSA) is 92.8 Å². The summed E-state index contributed by atoms with van der Waals surface area (Å²) in [6, 6.07) is 18.7. The molecule has 1 aliphatic rings. The summed E-state index contributed by atoms with van der Waals surface area (Å²) in [5, 5.41) is 2.99. The summed E-state index contributed by atoms with van der Waals surface area (Å²) in [5.74, 6) is -1.12. The lowest BCUT2D eigenvalue weighted by Gasteiger charge is -2.25. The van der Waals surface area contributed by atoms with Crippen molar-refractivity contribution >= 4 is 50.8 Å². The number of carbonyl (C=O) groups excluding carboxylic acids is 2. The molecule has 7 nitrogen and oxygen atoms in total. The van der Waals surface area contributed by atoms with Crippen LogP contribution in [0, 0.1) is 0 Å². The van der Waals surface area contributed by atoms with Crippen molar-refractivity contribution in [1.82, 2.24) is 5.32 Å². The van der Waals surface area contributed by atoms with Crippen LogP contribution in [0.5, 0.6) is 0 Å². The highest BCUT2D eigenvalue weighted by Crippen LogP contribution is 2.31. The van der Waals surface area contributed by atoms with E-state index in [-0.39, 0.29) is 28.6 Å². The highest BCUT2D eigenvalue weighted by molar-refractivity contribution is 7.93. The number of cyclic esters (lactones) is 1. The molecular weight excluding hydrogens is 499 g/mol. The Morgan fingerprint density at radius 1 is 1.03 bits per heavy atom. The lowest BCUT2D eigenvalue weighted by molar-refractivity contribution is -0.139. The average Bonchev–Trinajstić information content (AvgIpc) is 3.23. The average molecular weight is 519 g/mol. The molecule has 1 N–H and O–H groups in total. The van der Waals surface area contributed by atoms with Crippen molar-refractivity contribution < 1.29 is 22.7 Å². The van der Waals surface area contributed by atoms with E-state index in [1.807, 2.05) is 30.3 Å². The van der Waals surface area contributed by atoms with Crippen LogP contribution in [0.3, 0.4) is 0 Å². The van der Waals surface area contributed by atoms with E-state index < -0.39 is 27.9 Å². The molecule has 176 valence electrons. The van der Waals surface area contributed by atoms with Gasteiger partial charge in [0.25, 0.3) is 15.9 Å². The van der Waals surface area contributed by atoms with Gasteiger partial charge in [-0.05, 0) is 48.0 Å². The molecule has 1 amide bonds. The van der Waals surface area contributed by atoms with Crippen LogP contribution in [-0.4, -0.2) is 32.9 Å². The number of anilines is 1. The smallest absolute Gasteiger partial charge is 0.328 e. The highest BCUT2D eigenvalue weighted by atomic mass is 35.5. The molecule has 0 aromatic heterocycles. The Kier molecular flexibility index (Phi) is 7.11. The third-order valence-electron chi connectivity index (χ3n) is 5.29. The summed E-state index contributed by atoms with van der Waals surface area (Å²) in [5.41, 5.74) is 1.19. The summed E-state index contributed by atoms with van der Waals surface area (Å²) in [4.78, 5) is 24.2. The predicted molar refractivity (Wildman–Crippen MR) is 130 cm³/mol. The van der Waals surface area contributed by atoms with E-state index in [1.165, 1.54) is 22.5 Å². The van der Waals surface area contributed by atoms with Crippen molar-refractivity contribution in [2.24, 2.45) is 0 Å². The number of carbonyl (C=O) groups is 2. The first-order valence-corrected chi connectivity index (χ1v) is 12.5. The number of rotatable bonds is 7. The maximum atomic E-state index is 13.8. The molecule has 4 rings (SSSR count). The largest absolute Gasteiger partial charge is 0.464 e. The fourth-order valence-electron chi connectivity index (χ4n) is 3.50. The van der Waals surface area contributed by atoms with Crippen LogP contribution in [0.1, 0.15) is 22.3 Å². The quantitative estimate of drug-likeness (QED) is 0.467. The summed E-state index contributed by atoms with van der Waals surface area (Å²) >= 11 is 12.3. The number of amides is 1. The molecule has 0 saturated carbocycles. The molecule has 3 aromatic carbocycles. The second kappa shape index (κ2) is 10.0. The van der Waals surface area contributed by atoms with Crippen LogP contribution in [0.2, 0.25) is 10.0 Å². The first-order chi connectivity index (χ1) is 16.3. The van der Waals surface area contributed by atoms with Crippen LogP contribution in [0.4, 0.5) is 5.69 Å². The number of benzene rings is 3. The Balaban J connectivity index is 1.72. The Morgan fingerprint density at radius 3 is 2.38 bits per heavy atom. The molecule has 1 fully saturated rings. The van der Waals surface area contributed by atoms with E-state index in [2.05, 4.69) is 5.32 Å². The van der Waals surface area contributed by atoms with Gasteiger partial charge >= 0.3 is 5.97 Å².